The van der Waals surface area contributed by atoms with Gasteiger partial charge in [-0.05, 0) is 83.7 Å². The van der Waals surface area contributed by atoms with Crippen molar-refractivity contribution >= 4 is 46.2 Å². The summed E-state index contributed by atoms with van der Waals surface area (Å²) in [5.74, 6) is 0.0409. The van der Waals surface area contributed by atoms with E-state index in [0.717, 1.165) is 83.8 Å². The first-order valence-electron chi connectivity index (χ1n) is 20.9. The zero-order valence-corrected chi connectivity index (χ0v) is 38.3. The van der Waals surface area contributed by atoms with Crippen LogP contribution in [-0.4, -0.2) is 27.6 Å². The van der Waals surface area contributed by atoms with E-state index in [9.17, 15) is 1.37 Å². The fraction of sp³-hybridized carbons (Fsp3) is 0.130. The zero-order chi connectivity index (χ0) is 42.1. The van der Waals surface area contributed by atoms with E-state index in [0.29, 0.717) is 6.42 Å². The third-order valence-electron chi connectivity index (χ3n) is 10.9. The summed E-state index contributed by atoms with van der Waals surface area (Å²) in [6.45, 7) is 10.9. The molecule has 0 aliphatic carbocycles. The summed E-state index contributed by atoms with van der Waals surface area (Å²) in [6, 6.07) is 62.1. The van der Waals surface area contributed by atoms with E-state index in [1.807, 2.05) is 98.9 Å². The molecule has 4 heterocycles. The van der Waals surface area contributed by atoms with Gasteiger partial charge in [0, 0.05) is 50.1 Å². The SMILES string of the molecule is [2H]C(C)(Cc1cccc(C)n1)c1cc(-c2[c-]cccc2)ncc1[Si](C)(C)C.[Ir].[c-]1ccc2c(oc3ccccc32)c1-c1nc2ccccc2n1-c1cccc(-c2ccccc2)c1. The van der Waals surface area contributed by atoms with Crippen LogP contribution in [0.4, 0.5) is 0 Å². The molecule has 0 amide bonds. The van der Waals surface area contributed by atoms with Gasteiger partial charge in [0.2, 0.25) is 0 Å². The maximum atomic E-state index is 9.20. The minimum Gasteiger partial charge on any atom is -0.501 e. The Morgan fingerprint density at radius 1 is 0.721 bits per heavy atom. The van der Waals surface area contributed by atoms with Crippen molar-refractivity contribution in [1.82, 2.24) is 19.5 Å². The Bertz CT molecular complexity index is 3150. The third-order valence-corrected chi connectivity index (χ3v) is 12.9. The monoisotopic (exact) mass is 988 g/mol. The molecule has 5 nitrogen and oxygen atoms in total. The van der Waals surface area contributed by atoms with Crippen LogP contribution in [0.15, 0.2) is 174 Å². The standard InChI is InChI=1S/C31H19N2O.C23H27N2Si.Ir/c1-2-10-21(11-3-1)22-12-8-13-23(20-22)33-28-18-6-5-17-27(28)32-31(33)26-16-9-15-25-24-14-4-7-19-29(24)34-30(25)26;1-17(14-20-13-9-10-18(2)25-20)21-15-22(19-11-7-6-8-12-19)24-16-23(21)26(3,4)5;/h1-15,17-20H;6-11,13,15-17H,14H2,1-5H3;/q2*-1;/i;17D;. The number of para-hydroxylation sites is 3. The van der Waals surface area contributed by atoms with Crippen LogP contribution in [0.2, 0.25) is 19.6 Å². The third kappa shape index (κ3) is 8.69. The molecule has 1 atom stereocenters. The van der Waals surface area contributed by atoms with Crippen LogP contribution in [-0.2, 0) is 26.5 Å². The average molecular weight is 988 g/mol. The van der Waals surface area contributed by atoms with E-state index < -0.39 is 14.0 Å². The van der Waals surface area contributed by atoms with Crippen molar-refractivity contribution in [2.24, 2.45) is 0 Å². The molecule has 0 spiro atoms. The molecule has 6 aromatic carbocycles. The van der Waals surface area contributed by atoms with Crippen molar-refractivity contribution in [2.45, 2.75) is 45.8 Å². The second kappa shape index (κ2) is 17.8. The molecule has 1 unspecified atom stereocenters. The quantitative estimate of drug-likeness (QED) is 0.112. The number of hydrogen-bond acceptors (Lipinski definition) is 4. The summed E-state index contributed by atoms with van der Waals surface area (Å²) in [5.41, 5.74) is 12.7. The van der Waals surface area contributed by atoms with Gasteiger partial charge in [-0.1, -0.05) is 128 Å². The minimum atomic E-state index is -1.65. The number of benzene rings is 6. The Hall–Kier alpha value is -6.24. The minimum absolute atomic E-state index is 0. The number of imidazole rings is 1. The zero-order valence-electron chi connectivity index (χ0n) is 35.9. The first-order chi connectivity index (χ1) is 29.5. The van der Waals surface area contributed by atoms with E-state index in [-0.39, 0.29) is 20.1 Å². The molecule has 0 N–H and O–H groups in total. The van der Waals surface area contributed by atoms with E-state index in [2.05, 4.69) is 126 Å². The Labute approximate surface area is 374 Å². The fourth-order valence-corrected chi connectivity index (χ4v) is 9.48. The molecule has 7 heteroatoms. The summed E-state index contributed by atoms with van der Waals surface area (Å²) in [7, 11) is -1.65. The van der Waals surface area contributed by atoms with Crippen molar-refractivity contribution in [1.29, 1.82) is 0 Å². The van der Waals surface area contributed by atoms with Crippen molar-refractivity contribution in [3.8, 4) is 39.5 Å². The van der Waals surface area contributed by atoms with E-state index in [1.54, 1.807) is 0 Å². The van der Waals surface area contributed by atoms with Gasteiger partial charge in [0.05, 0.1) is 30.5 Å². The van der Waals surface area contributed by atoms with Crippen LogP contribution in [0.3, 0.4) is 0 Å². The molecule has 10 aromatic rings. The van der Waals surface area contributed by atoms with E-state index >= 15 is 0 Å². The molecule has 0 aliphatic rings. The number of aromatic nitrogens is 4. The Morgan fingerprint density at radius 2 is 1.48 bits per heavy atom. The first-order valence-corrected chi connectivity index (χ1v) is 23.9. The normalized spacial score (nSPS) is 12.6. The average Bonchev–Trinajstić information content (AvgIpc) is 3.86. The number of fused-ring (bicyclic) bond motifs is 4. The summed E-state index contributed by atoms with van der Waals surface area (Å²) in [4.78, 5) is 14.4. The van der Waals surface area contributed by atoms with Gasteiger partial charge in [-0.15, -0.1) is 54.1 Å². The maximum absolute atomic E-state index is 9.20. The molecular formula is C54H46IrN4OSi-2. The number of aryl methyl sites for hydroxylation is 1. The van der Waals surface area contributed by atoms with E-state index in [1.165, 1.54) is 10.8 Å². The number of pyridine rings is 2. The number of furan rings is 1. The topological polar surface area (TPSA) is 56.7 Å². The fourth-order valence-electron chi connectivity index (χ4n) is 7.94. The van der Waals surface area contributed by atoms with Crippen molar-refractivity contribution in [3.63, 3.8) is 0 Å². The van der Waals surface area contributed by atoms with Crippen molar-refractivity contribution in [2.75, 3.05) is 0 Å². The Balaban J connectivity index is 0.000000173. The summed E-state index contributed by atoms with van der Waals surface area (Å²) >= 11 is 0. The Kier molecular flexibility index (Phi) is 11.7. The largest absolute Gasteiger partial charge is 0.501 e. The van der Waals surface area contributed by atoms with Crippen LogP contribution >= 0.6 is 0 Å². The molecule has 10 rings (SSSR count). The summed E-state index contributed by atoms with van der Waals surface area (Å²) < 4.78 is 17.7. The van der Waals surface area contributed by atoms with Crippen LogP contribution in [0, 0.1) is 19.1 Å². The molecule has 0 aliphatic heterocycles. The van der Waals surface area contributed by atoms with Gasteiger partial charge in [-0.25, -0.2) is 0 Å². The van der Waals surface area contributed by atoms with Crippen LogP contribution in [0.1, 0.15) is 31.1 Å². The molecule has 61 heavy (non-hydrogen) atoms. The summed E-state index contributed by atoms with van der Waals surface area (Å²) in [5, 5.41) is 3.41. The van der Waals surface area contributed by atoms with Gasteiger partial charge in [0.25, 0.3) is 0 Å². The van der Waals surface area contributed by atoms with Gasteiger partial charge in [0.1, 0.15) is 5.58 Å². The Morgan fingerprint density at radius 3 is 2.28 bits per heavy atom. The molecule has 303 valence electrons. The van der Waals surface area contributed by atoms with Crippen LogP contribution in [0.25, 0.3) is 72.4 Å². The molecule has 0 saturated heterocycles. The molecule has 1 radical (unpaired) electrons. The molecule has 4 aromatic heterocycles. The molecular weight excluding hydrogens is 941 g/mol. The maximum Gasteiger partial charge on any atom is 0.120 e. The van der Waals surface area contributed by atoms with Gasteiger partial charge in [-0.2, -0.15) is 0 Å². The predicted molar refractivity (Wildman–Crippen MR) is 251 cm³/mol. The first kappa shape index (κ1) is 40.2. The predicted octanol–water partition coefficient (Wildman–Crippen LogP) is 13.2. The van der Waals surface area contributed by atoms with E-state index in [4.69, 9.17) is 14.4 Å². The number of hydrogen-bond donors (Lipinski definition) is 0. The second-order valence-electron chi connectivity index (χ2n) is 16.2. The number of nitrogens with zero attached hydrogens (tertiary/aromatic N) is 4. The van der Waals surface area contributed by atoms with Crippen molar-refractivity contribution in [3.05, 3.63) is 199 Å². The van der Waals surface area contributed by atoms with Gasteiger partial charge < -0.3 is 14.0 Å². The summed E-state index contributed by atoms with van der Waals surface area (Å²) in [6.07, 6.45) is 2.57. The van der Waals surface area contributed by atoms with Crippen molar-refractivity contribution < 1.29 is 25.9 Å². The number of rotatable bonds is 8. The van der Waals surface area contributed by atoms with Gasteiger partial charge in [-0.3, -0.25) is 9.97 Å². The smallest absolute Gasteiger partial charge is 0.120 e. The van der Waals surface area contributed by atoms with Gasteiger partial charge >= 0.3 is 0 Å². The molecule has 0 bridgehead atoms. The van der Waals surface area contributed by atoms with Crippen LogP contribution < -0.4 is 5.19 Å². The van der Waals surface area contributed by atoms with Crippen LogP contribution in [0.5, 0.6) is 0 Å². The molecule has 0 fully saturated rings. The van der Waals surface area contributed by atoms with Gasteiger partial charge in [0.15, 0.2) is 0 Å². The second-order valence-corrected chi connectivity index (χ2v) is 21.3. The molecule has 0 saturated carbocycles.